The summed E-state index contributed by atoms with van der Waals surface area (Å²) in [6, 6.07) is 9.65. The molecule has 3 N–H and O–H groups in total. The topological polar surface area (TPSA) is 79.2 Å². The number of amides is 2. The van der Waals surface area contributed by atoms with Gasteiger partial charge in [-0.05, 0) is 25.8 Å². The quantitative estimate of drug-likeness (QED) is 0.689. The lowest BCUT2D eigenvalue weighted by Gasteiger charge is -2.29. The molecule has 0 radical (unpaired) electrons. The zero-order chi connectivity index (χ0) is 18.3. The second kappa shape index (κ2) is 8.67. The smallest absolute Gasteiger partial charge is 0.315 e. The molecule has 0 spiro atoms. The van der Waals surface area contributed by atoms with Gasteiger partial charge in [0.15, 0.2) is 0 Å². The van der Waals surface area contributed by atoms with Gasteiger partial charge in [0, 0.05) is 11.8 Å². The number of nitrogens with one attached hydrogen (secondary N) is 2. The third kappa shape index (κ3) is 5.60. The second-order valence-electron chi connectivity index (χ2n) is 6.75. The first kappa shape index (κ1) is 19.0. The summed E-state index contributed by atoms with van der Waals surface area (Å²) in [5.41, 5.74) is 1.51. The molecule has 0 aliphatic rings. The molecule has 25 heavy (non-hydrogen) atoms. The lowest BCUT2D eigenvalue weighted by molar-refractivity contribution is 0.162. The van der Waals surface area contributed by atoms with Gasteiger partial charge in [-0.1, -0.05) is 43.7 Å². The highest BCUT2D eigenvalue weighted by Crippen LogP contribution is 2.14. The van der Waals surface area contributed by atoms with Gasteiger partial charge >= 0.3 is 6.03 Å². The van der Waals surface area contributed by atoms with Crippen molar-refractivity contribution in [2.75, 3.05) is 6.61 Å². The van der Waals surface area contributed by atoms with E-state index in [0.29, 0.717) is 6.54 Å². The van der Waals surface area contributed by atoms with Crippen molar-refractivity contribution in [1.82, 2.24) is 20.4 Å². The van der Waals surface area contributed by atoms with E-state index in [1.54, 1.807) is 6.20 Å². The van der Waals surface area contributed by atoms with E-state index in [1.165, 1.54) is 5.56 Å². The van der Waals surface area contributed by atoms with Crippen LogP contribution >= 0.6 is 0 Å². The van der Waals surface area contributed by atoms with E-state index >= 15 is 0 Å². The Bertz CT molecular complexity index is 671. The number of carbonyl (C=O) groups is 1. The van der Waals surface area contributed by atoms with E-state index in [2.05, 4.69) is 27.9 Å². The monoisotopic (exact) mass is 344 g/mol. The van der Waals surface area contributed by atoms with Crippen molar-refractivity contribution >= 4 is 6.03 Å². The summed E-state index contributed by atoms with van der Waals surface area (Å²) in [4.78, 5) is 12.2. The molecule has 2 aromatic rings. The van der Waals surface area contributed by atoms with Gasteiger partial charge in [0.25, 0.3) is 0 Å². The van der Waals surface area contributed by atoms with Gasteiger partial charge in [0.05, 0.1) is 30.9 Å². The molecule has 2 amide bonds. The van der Waals surface area contributed by atoms with Gasteiger partial charge in [0.2, 0.25) is 0 Å². The average molecular weight is 344 g/mol. The summed E-state index contributed by atoms with van der Waals surface area (Å²) in [5.74, 6) is 0. The summed E-state index contributed by atoms with van der Waals surface area (Å²) in [6.07, 6.45) is 5.32. The predicted molar refractivity (Wildman–Crippen MR) is 98.3 cm³/mol. The fourth-order valence-corrected chi connectivity index (χ4v) is 2.78. The molecule has 0 bridgehead atoms. The van der Waals surface area contributed by atoms with Crippen LogP contribution < -0.4 is 10.6 Å². The number of urea groups is 1. The first-order chi connectivity index (χ1) is 12.0. The van der Waals surface area contributed by atoms with Crippen LogP contribution in [0.25, 0.3) is 0 Å². The van der Waals surface area contributed by atoms with Crippen LogP contribution in [0.1, 0.15) is 50.8 Å². The van der Waals surface area contributed by atoms with Crippen molar-refractivity contribution in [3.63, 3.8) is 0 Å². The maximum atomic E-state index is 12.2. The number of aliphatic hydroxyl groups is 1. The molecular weight excluding hydrogens is 316 g/mol. The Labute approximate surface area is 149 Å². The zero-order valence-corrected chi connectivity index (χ0v) is 15.2. The molecule has 0 aliphatic heterocycles. The van der Waals surface area contributed by atoms with Gasteiger partial charge in [-0.25, -0.2) is 4.79 Å². The Hall–Kier alpha value is -2.34. The van der Waals surface area contributed by atoms with Crippen LogP contribution in [0.4, 0.5) is 4.79 Å². The third-order valence-corrected chi connectivity index (χ3v) is 4.25. The Morgan fingerprint density at radius 2 is 2.08 bits per heavy atom. The number of carbonyl (C=O) groups excluding carboxylic acids is 1. The van der Waals surface area contributed by atoms with Gasteiger partial charge < -0.3 is 15.7 Å². The van der Waals surface area contributed by atoms with E-state index in [-0.39, 0.29) is 18.7 Å². The number of rotatable bonds is 8. The number of hydrogen-bond donors (Lipinski definition) is 3. The molecule has 2 unspecified atom stereocenters. The Balaban J connectivity index is 1.92. The Kier molecular flexibility index (Phi) is 6.58. The van der Waals surface area contributed by atoms with Crippen LogP contribution in [0, 0.1) is 0 Å². The molecule has 1 heterocycles. The molecule has 0 saturated heterocycles. The molecule has 2 atom stereocenters. The average Bonchev–Trinajstić information content (AvgIpc) is 3.04. The molecular formula is C19H28N4O2. The summed E-state index contributed by atoms with van der Waals surface area (Å²) in [7, 11) is 0. The van der Waals surface area contributed by atoms with Crippen molar-refractivity contribution in [3.8, 4) is 0 Å². The molecule has 1 aromatic carbocycles. The number of hydrogen-bond acceptors (Lipinski definition) is 3. The minimum Gasteiger partial charge on any atom is -0.394 e. The van der Waals surface area contributed by atoms with Crippen LogP contribution in [0.5, 0.6) is 0 Å². The van der Waals surface area contributed by atoms with Crippen molar-refractivity contribution < 1.29 is 9.90 Å². The van der Waals surface area contributed by atoms with Crippen molar-refractivity contribution in [2.24, 2.45) is 0 Å². The largest absolute Gasteiger partial charge is 0.394 e. The summed E-state index contributed by atoms with van der Waals surface area (Å²) in [6.45, 7) is 6.39. The first-order valence-electron chi connectivity index (χ1n) is 8.71. The van der Waals surface area contributed by atoms with E-state index in [0.717, 1.165) is 18.4 Å². The van der Waals surface area contributed by atoms with Crippen LogP contribution in [0.3, 0.4) is 0 Å². The number of nitrogens with zero attached hydrogens (tertiary/aromatic N) is 2. The Morgan fingerprint density at radius 3 is 2.72 bits per heavy atom. The first-order valence-corrected chi connectivity index (χ1v) is 8.71. The lowest BCUT2D eigenvalue weighted by atomic mass is 9.97. The van der Waals surface area contributed by atoms with Gasteiger partial charge in [-0.2, -0.15) is 5.10 Å². The Morgan fingerprint density at radius 1 is 1.36 bits per heavy atom. The van der Waals surface area contributed by atoms with Crippen molar-refractivity contribution in [2.45, 2.75) is 51.7 Å². The number of aromatic nitrogens is 2. The van der Waals surface area contributed by atoms with E-state index in [4.69, 9.17) is 0 Å². The van der Waals surface area contributed by atoms with E-state index in [9.17, 15) is 9.90 Å². The van der Waals surface area contributed by atoms with Gasteiger partial charge in [-0.15, -0.1) is 0 Å². The zero-order valence-electron chi connectivity index (χ0n) is 15.2. The minimum atomic E-state index is -0.601. The van der Waals surface area contributed by atoms with E-state index < -0.39 is 5.54 Å². The fourth-order valence-electron chi connectivity index (χ4n) is 2.78. The van der Waals surface area contributed by atoms with Crippen LogP contribution in [-0.4, -0.2) is 33.1 Å². The summed E-state index contributed by atoms with van der Waals surface area (Å²) < 4.78 is 1.86. The molecule has 2 rings (SSSR count). The molecule has 1 aromatic heterocycles. The highest BCUT2D eigenvalue weighted by molar-refractivity contribution is 5.75. The fraction of sp³-hybridized carbons (Fsp3) is 0.474. The summed E-state index contributed by atoms with van der Waals surface area (Å²) >= 11 is 0. The minimum absolute atomic E-state index is 0.0857. The van der Waals surface area contributed by atoms with Crippen LogP contribution in [-0.2, 0) is 6.54 Å². The third-order valence-electron chi connectivity index (χ3n) is 4.25. The predicted octanol–water partition coefficient (Wildman–Crippen LogP) is 2.84. The molecule has 136 valence electrons. The van der Waals surface area contributed by atoms with Gasteiger partial charge in [0.1, 0.15) is 0 Å². The SMILES string of the molecule is CCCC(C)(CO)NC(=O)NC(C)c1cnn(Cc2ccccc2)c1. The standard InChI is InChI=1S/C19H28N4O2/c1-4-10-19(3,14-24)22-18(25)21-15(2)17-11-20-23(13-17)12-16-8-6-5-7-9-16/h5-9,11,13,15,24H,4,10,12,14H2,1-3H3,(H2,21,22,25). The molecule has 0 saturated carbocycles. The highest BCUT2D eigenvalue weighted by atomic mass is 16.3. The van der Waals surface area contributed by atoms with Crippen LogP contribution in [0.2, 0.25) is 0 Å². The van der Waals surface area contributed by atoms with Crippen LogP contribution in [0.15, 0.2) is 42.7 Å². The molecule has 0 fully saturated rings. The molecule has 6 heteroatoms. The number of benzene rings is 1. The highest BCUT2D eigenvalue weighted by Gasteiger charge is 2.25. The normalized spacial score (nSPS) is 14.6. The lowest BCUT2D eigenvalue weighted by Crippen LogP contribution is -2.52. The maximum absolute atomic E-state index is 12.2. The number of aliphatic hydroxyl groups excluding tert-OH is 1. The molecule has 0 aliphatic carbocycles. The second-order valence-corrected chi connectivity index (χ2v) is 6.75. The maximum Gasteiger partial charge on any atom is 0.315 e. The van der Waals surface area contributed by atoms with Gasteiger partial charge in [-0.3, -0.25) is 4.68 Å². The molecule has 6 nitrogen and oxygen atoms in total. The van der Waals surface area contributed by atoms with Crippen molar-refractivity contribution in [3.05, 3.63) is 53.9 Å². The van der Waals surface area contributed by atoms with Crippen molar-refractivity contribution in [1.29, 1.82) is 0 Å². The summed E-state index contributed by atoms with van der Waals surface area (Å²) in [5, 5.41) is 19.6. The van der Waals surface area contributed by atoms with E-state index in [1.807, 2.05) is 49.8 Å².